The van der Waals surface area contributed by atoms with Crippen LogP contribution in [-0.4, -0.2) is 27.7 Å². The lowest BCUT2D eigenvalue weighted by Gasteiger charge is -2.32. The van der Waals surface area contributed by atoms with Gasteiger partial charge in [-0.3, -0.25) is 4.79 Å². The fraction of sp³-hybridized carbons (Fsp3) is 0.207. The zero-order valence-corrected chi connectivity index (χ0v) is 20.0. The standard InChI is InChI=1S/C29H26N4O3/c1-35-22-12-6-11-21(17-22)28-31-29-30-24-14-7-15-25(34)26(24)27(33(29)32-28)20-10-5-13-23(16-20)36-18-19-8-3-2-4-9-19/h2-6,8-13,16-17,27H,7,14-15,18H2,1H3,(H,30,31,32). The Bertz CT molecular complexity index is 1460. The second-order valence-electron chi connectivity index (χ2n) is 8.98. The lowest BCUT2D eigenvalue weighted by atomic mass is 9.85. The minimum absolute atomic E-state index is 0.147. The van der Waals surface area contributed by atoms with E-state index in [1.165, 1.54) is 0 Å². The van der Waals surface area contributed by atoms with Gasteiger partial charge in [0.1, 0.15) is 24.1 Å². The smallest absolute Gasteiger partial charge is 0.226 e. The van der Waals surface area contributed by atoms with Crippen LogP contribution >= 0.6 is 0 Å². The summed E-state index contributed by atoms with van der Waals surface area (Å²) >= 11 is 0. The predicted molar refractivity (Wildman–Crippen MR) is 137 cm³/mol. The number of carbonyl (C=O) groups excluding carboxylic acids is 1. The fourth-order valence-corrected chi connectivity index (χ4v) is 4.86. The second kappa shape index (κ2) is 9.34. The van der Waals surface area contributed by atoms with E-state index in [0.29, 0.717) is 24.8 Å². The highest BCUT2D eigenvalue weighted by atomic mass is 16.5. The van der Waals surface area contributed by atoms with Gasteiger partial charge in [-0.25, -0.2) is 4.68 Å². The molecule has 0 fully saturated rings. The molecular weight excluding hydrogens is 452 g/mol. The van der Waals surface area contributed by atoms with Gasteiger partial charge in [-0.2, -0.15) is 4.98 Å². The summed E-state index contributed by atoms with van der Waals surface area (Å²) in [5.41, 5.74) is 4.58. The quantitative estimate of drug-likeness (QED) is 0.391. The summed E-state index contributed by atoms with van der Waals surface area (Å²) in [6.45, 7) is 0.470. The van der Waals surface area contributed by atoms with Gasteiger partial charge in [-0.15, -0.1) is 5.10 Å². The molecule has 0 amide bonds. The highest BCUT2D eigenvalue weighted by Gasteiger charge is 2.37. The Balaban J connectivity index is 1.39. The van der Waals surface area contributed by atoms with E-state index in [1.54, 1.807) is 7.11 Å². The summed E-state index contributed by atoms with van der Waals surface area (Å²) < 4.78 is 13.3. The van der Waals surface area contributed by atoms with Gasteiger partial charge in [0, 0.05) is 23.3 Å². The minimum Gasteiger partial charge on any atom is -0.497 e. The van der Waals surface area contributed by atoms with Crippen molar-refractivity contribution in [2.24, 2.45) is 0 Å². The first-order chi connectivity index (χ1) is 17.7. The molecule has 1 unspecified atom stereocenters. The van der Waals surface area contributed by atoms with Crippen molar-refractivity contribution in [2.45, 2.75) is 31.9 Å². The Hall–Kier alpha value is -4.39. The number of hydrogen-bond acceptors (Lipinski definition) is 6. The largest absolute Gasteiger partial charge is 0.497 e. The number of nitrogens with zero attached hydrogens (tertiary/aromatic N) is 3. The van der Waals surface area contributed by atoms with E-state index in [2.05, 4.69) is 5.32 Å². The molecule has 1 atom stereocenters. The highest BCUT2D eigenvalue weighted by molar-refractivity contribution is 5.99. The number of fused-ring (bicyclic) bond motifs is 1. The molecule has 0 saturated carbocycles. The van der Waals surface area contributed by atoms with Crippen molar-refractivity contribution in [3.63, 3.8) is 0 Å². The SMILES string of the molecule is COc1cccc(-c2nc3n(n2)C(c2cccc(OCc4ccccc4)c2)C2=C(CCCC2=O)N3)c1. The zero-order valence-electron chi connectivity index (χ0n) is 20.0. The first-order valence-electron chi connectivity index (χ1n) is 12.1. The van der Waals surface area contributed by atoms with Crippen molar-refractivity contribution in [1.82, 2.24) is 14.8 Å². The third kappa shape index (κ3) is 4.13. The predicted octanol–water partition coefficient (Wildman–Crippen LogP) is 5.55. The average Bonchev–Trinajstić information content (AvgIpc) is 3.35. The molecule has 0 spiro atoms. The van der Waals surface area contributed by atoms with E-state index in [-0.39, 0.29) is 11.8 Å². The molecule has 36 heavy (non-hydrogen) atoms. The Labute approximate surface area is 209 Å². The summed E-state index contributed by atoms with van der Waals surface area (Å²) in [7, 11) is 1.64. The van der Waals surface area contributed by atoms with Gasteiger partial charge < -0.3 is 14.8 Å². The van der Waals surface area contributed by atoms with Gasteiger partial charge in [0.05, 0.1) is 7.11 Å². The number of nitrogens with one attached hydrogen (secondary N) is 1. The van der Waals surface area contributed by atoms with E-state index in [4.69, 9.17) is 19.6 Å². The monoisotopic (exact) mass is 478 g/mol. The third-order valence-corrected chi connectivity index (χ3v) is 6.62. The number of methoxy groups -OCH3 is 1. The fourth-order valence-electron chi connectivity index (χ4n) is 4.86. The first kappa shape index (κ1) is 22.1. The normalized spacial score (nSPS) is 16.7. The van der Waals surface area contributed by atoms with E-state index in [9.17, 15) is 4.79 Å². The number of hydrogen-bond donors (Lipinski definition) is 1. The molecule has 7 nitrogen and oxygen atoms in total. The van der Waals surface area contributed by atoms with Gasteiger partial charge in [-0.05, 0) is 48.2 Å². The van der Waals surface area contributed by atoms with Gasteiger partial charge in [0.2, 0.25) is 5.95 Å². The lowest BCUT2D eigenvalue weighted by Crippen LogP contribution is -2.31. The molecule has 3 aromatic carbocycles. The zero-order chi connectivity index (χ0) is 24.5. The topological polar surface area (TPSA) is 78.3 Å². The van der Waals surface area contributed by atoms with Crippen LogP contribution in [0.2, 0.25) is 0 Å². The van der Waals surface area contributed by atoms with Crippen LogP contribution < -0.4 is 14.8 Å². The molecule has 0 bridgehead atoms. The van der Waals surface area contributed by atoms with Crippen molar-refractivity contribution in [1.29, 1.82) is 0 Å². The van der Waals surface area contributed by atoms with Crippen LogP contribution in [0, 0.1) is 0 Å². The van der Waals surface area contributed by atoms with Gasteiger partial charge in [0.25, 0.3) is 0 Å². The maximum Gasteiger partial charge on any atom is 0.226 e. The maximum atomic E-state index is 13.2. The van der Waals surface area contributed by atoms with Crippen molar-refractivity contribution in [3.8, 4) is 22.9 Å². The number of rotatable bonds is 6. The van der Waals surface area contributed by atoms with Gasteiger partial charge >= 0.3 is 0 Å². The van der Waals surface area contributed by atoms with Crippen molar-refractivity contribution in [3.05, 3.63) is 101 Å². The highest BCUT2D eigenvalue weighted by Crippen LogP contribution is 2.41. The third-order valence-electron chi connectivity index (χ3n) is 6.62. The Morgan fingerprint density at radius 3 is 2.67 bits per heavy atom. The summed E-state index contributed by atoms with van der Waals surface area (Å²) in [6, 6.07) is 25.3. The average molecular weight is 479 g/mol. The summed E-state index contributed by atoms with van der Waals surface area (Å²) in [5, 5.41) is 8.26. The van der Waals surface area contributed by atoms with E-state index in [0.717, 1.165) is 52.3 Å². The van der Waals surface area contributed by atoms with E-state index < -0.39 is 0 Å². The number of Topliss-reactive ketones (excluding diaryl/α,β-unsaturated/α-hetero) is 1. The molecule has 1 aliphatic carbocycles. The molecule has 2 heterocycles. The Morgan fingerprint density at radius 1 is 0.972 bits per heavy atom. The molecular formula is C29H26N4O3. The number of anilines is 1. The van der Waals surface area contributed by atoms with E-state index >= 15 is 0 Å². The lowest BCUT2D eigenvalue weighted by molar-refractivity contribution is -0.116. The number of carbonyl (C=O) groups is 1. The van der Waals surface area contributed by atoms with Crippen LogP contribution in [0.3, 0.4) is 0 Å². The van der Waals surface area contributed by atoms with Crippen molar-refractivity contribution < 1.29 is 14.3 Å². The van der Waals surface area contributed by atoms with Crippen LogP contribution in [0.5, 0.6) is 11.5 Å². The van der Waals surface area contributed by atoms with Crippen LogP contribution in [0.15, 0.2) is 90.1 Å². The summed E-state index contributed by atoms with van der Waals surface area (Å²) in [6.07, 6.45) is 2.17. The maximum absolute atomic E-state index is 13.2. The molecule has 0 radical (unpaired) electrons. The van der Waals surface area contributed by atoms with Crippen LogP contribution in [-0.2, 0) is 11.4 Å². The van der Waals surface area contributed by atoms with Gasteiger partial charge in [0.15, 0.2) is 11.6 Å². The van der Waals surface area contributed by atoms with Crippen molar-refractivity contribution in [2.75, 3.05) is 12.4 Å². The number of aromatic nitrogens is 3. The summed E-state index contributed by atoms with van der Waals surface area (Å²) in [5.74, 6) is 2.83. The first-order valence-corrected chi connectivity index (χ1v) is 12.1. The Morgan fingerprint density at radius 2 is 1.81 bits per heavy atom. The molecule has 1 aromatic heterocycles. The van der Waals surface area contributed by atoms with Crippen LogP contribution in [0.4, 0.5) is 5.95 Å². The molecule has 1 aliphatic heterocycles. The molecule has 6 rings (SSSR count). The van der Waals surface area contributed by atoms with E-state index in [1.807, 2.05) is 83.5 Å². The van der Waals surface area contributed by atoms with Crippen LogP contribution in [0.25, 0.3) is 11.4 Å². The molecule has 4 aromatic rings. The molecule has 1 N–H and O–H groups in total. The van der Waals surface area contributed by atoms with Crippen LogP contribution in [0.1, 0.15) is 36.4 Å². The second-order valence-corrected chi connectivity index (χ2v) is 8.98. The number of benzene rings is 3. The molecule has 7 heteroatoms. The molecule has 0 saturated heterocycles. The summed E-state index contributed by atoms with van der Waals surface area (Å²) in [4.78, 5) is 18.0. The molecule has 2 aliphatic rings. The number of allylic oxidation sites excluding steroid dienone is 2. The van der Waals surface area contributed by atoms with Crippen molar-refractivity contribution >= 4 is 11.7 Å². The molecule has 180 valence electrons. The minimum atomic E-state index is -0.379. The Kier molecular flexibility index (Phi) is 5.73. The van der Waals surface area contributed by atoms with Gasteiger partial charge in [-0.1, -0.05) is 54.6 Å². The number of ether oxygens (including phenoxy) is 2. The number of ketones is 1.